The van der Waals surface area contributed by atoms with Crippen LogP contribution in [0.2, 0.25) is 0 Å². The largest absolute Gasteiger partial charge is 0.383 e. The number of ether oxygens (including phenoxy) is 1. The highest BCUT2D eigenvalue weighted by Gasteiger charge is 2.26. The Hall–Kier alpha value is -0.610. The lowest BCUT2D eigenvalue weighted by Gasteiger charge is -2.31. The molecule has 0 bridgehead atoms. The Morgan fingerprint density at radius 1 is 1.35 bits per heavy atom. The summed E-state index contributed by atoms with van der Waals surface area (Å²) in [4.78, 5) is 14.2. The minimum atomic E-state index is -0.0609. The molecule has 0 aliphatic carbocycles. The van der Waals surface area contributed by atoms with Gasteiger partial charge in [0.1, 0.15) is 0 Å². The summed E-state index contributed by atoms with van der Waals surface area (Å²) < 4.78 is 5.11. The van der Waals surface area contributed by atoms with Gasteiger partial charge in [0.05, 0.1) is 18.6 Å². The van der Waals surface area contributed by atoms with Crippen LogP contribution in [0.3, 0.4) is 0 Å². The van der Waals surface area contributed by atoms with E-state index in [1.165, 1.54) is 0 Å². The summed E-state index contributed by atoms with van der Waals surface area (Å²) in [5, 5.41) is 0. The number of likely N-dealkylation sites (N-methyl/N-ethyl adjacent to an activating group) is 1. The van der Waals surface area contributed by atoms with E-state index in [2.05, 4.69) is 13.8 Å². The van der Waals surface area contributed by atoms with Gasteiger partial charge in [0, 0.05) is 20.2 Å². The first kappa shape index (κ1) is 16.4. The standard InChI is InChI=1S/C13H28N2O2/c1-6-15(11(4)9-17-5)13(16)12(8-14)7-10(2)3/h10-12H,6-9,14H2,1-5H3. The molecule has 4 heteroatoms. The summed E-state index contributed by atoms with van der Waals surface area (Å²) in [7, 11) is 1.66. The van der Waals surface area contributed by atoms with E-state index in [0.29, 0.717) is 25.6 Å². The molecule has 1 amide bonds. The summed E-state index contributed by atoms with van der Waals surface area (Å²) in [5.41, 5.74) is 5.71. The van der Waals surface area contributed by atoms with Gasteiger partial charge < -0.3 is 15.4 Å². The van der Waals surface area contributed by atoms with E-state index in [-0.39, 0.29) is 17.9 Å². The van der Waals surface area contributed by atoms with Crippen LogP contribution < -0.4 is 5.73 Å². The molecule has 0 fully saturated rings. The van der Waals surface area contributed by atoms with Gasteiger partial charge in [-0.15, -0.1) is 0 Å². The lowest BCUT2D eigenvalue weighted by atomic mass is 9.95. The molecule has 0 aliphatic heterocycles. The van der Waals surface area contributed by atoms with Crippen LogP contribution in [0.1, 0.15) is 34.1 Å². The molecule has 17 heavy (non-hydrogen) atoms. The minimum Gasteiger partial charge on any atom is -0.383 e. The van der Waals surface area contributed by atoms with Gasteiger partial charge in [0.2, 0.25) is 5.91 Å². The van der Waals surface area contributed by atoms with Crippen molar-refractivity contribution < 1.29 is 9.53 Å². The van der Waals surface area contributed by atoms with Crippen LogP contribution >= 0.6 is 0 Å². The number of nitrogens with zero attached hydrogens (tertiary/aromatic N) is 1. The number of methoxy groups -OCH3 is 1. The molecule has 0 aliphatic rings. The highest BCUT2D eigenvalue weighted by molar-refractivity contribution is 5.79. The second kappa shape index (κ2) is 8.48. The molecular formula is C13H28N2O2. The van der Waals surface area contributed by atoms with Crippen molar-refractivity contribution in [3.05, 3.63) is 0 Å². The van der Waals surface area contributed by atoms with Gasteiger partial charge in [-0.05, 0) is 26.2 Å². The van der Waals surface area contributed by atoms with Crippen LogP contribution in [0, 0.1) is 11.8 Å². The summed E-state index contributed by atoms with van der Waals surface area (Å²) in [5.74, 6) is 0.589. The van der Waals surface area contributed by atoms with Crippen LogP contribution in [0.4, 0.5) is 0 Å². The number of amides is 1. The summed E-state index contributed by atoms with van der Waals surface area (Å²) in [6.45, 7) is 9.93. The predicted molar refractivity (Wildman–Crippen MR) is 70.7 cm³/mol. The third kappa shape index (κ3) is 5.50. The van der Waals surface area contributed by atoms with Gasteiger partial charge in [-0.25, -0.2) is 0 Å². The Kier molecular flexibility index (Phi) is 8.17. The fourth-order valence-corrected chi connectivity index (χ4v) is 2.12. The Bertz CT molecular complexity index is 219. The van der Waals surface area contributed by atoms with Crippen molar-refractivity contribution in [2.24, 2.45) is 17.6 Å². The first-order valence-electron chi connectivity index (χ1n) is 6.47. The minimum absolute atomic E-state index is 0.0609. The maximum Gasteiger partial charge on any atom is 0.227 e. The number of carbonyl (C=O) groups is 1. The predicted octanol–water partition coefficient (Wildman–Crippen LogP) is 1.49. The number of carbonyl (C=O) groups excluding carboxylic acids is 1. The molecule has 0 aromatic rings. The molecule has 102 valence electrons. The van der Waals surface area contributed by atoms with Gasteiger partial charge >= 0.3 is 0 Å². The van der Waals surface area contributed by atoms with Crippen molar-refractivity contribution in [2.45, 2.75) is 40.2 Å². The zero-order valence-corrected chi connectivity index (χ0v) is 11.9. The second-order valence-electron chi connectivity index (χ2n) is 4.99. The van der Waals surface area contributed by atoms with Crippen LogP contribution in [0.5, 0.6) is 0 Å². The first-order chi connectivity index (χ1) is 7.97. The molecule has 0 saturated carbocycles. The molecule has 2 atom stereocenters. The van der Waals surface area contributed by atoms with E-state index in [1.807, 2.05) is 18.7 Å². The van der Waals surface area contributed by atoms with E-state index in [9.17, 15) is 4.79 Å². The summed E-state index contributed by atoms with van der Waals surface area (Å²) >= 11 is 0. The van der Waals surface area contributed by atoms with E-state index in [0.717, 1.165) is 6.42 Å². The summed E-state index contributed by atoms with van der Waals surface area (Å²) in [6, 6.07) is 0.110. The maximum atomic E-state index is 12.3. The van der Waals surface area contributed by atoms with E-state index >= 15 is 0 Å². The average Bonchev–Trinajstić information content (AvgIpc) is 2.26. The molecule has 0 aromatic heterocycles. The van der Waals surface area contributed by atoms with Crippen molar-refractivity contribution in [2.75, 3.05) is 26.8 Å². The molecule has 2 N–H and O–H groups in total. The molecule has 0 aromatic carbocycles. The van der Waals surface area contributed by atoms with Gasteiger partial charge in [-0.1, -0.05) is 13.8 Å². The fourth-order valence-electron chi connectivity index (χ4n) is 2.12. The topological polar surface area (TPSA) is 55.6 Å². The average molecular weight is 244 g/mol. The van der Waals surface area contributed by atoms with Gasteiger partial charge in [-0.3, -0.25) is 4.79 Å². The number of hydrogen-bond donors (Lipinski definition) is 1. The Morgan fingerprint density at radius 3 is 2.29 bits per heavy atom. The molecule has 0 radical (unpaired) electrons. The smallest absolute Gasteiger partial charge is 0.227 e. The highest BCUT2D eigenvalue weighted by atomic mass is 16.5. The molecule has 0 spiro atoms. The van der Waals surface area contributed by atoms with Crippen LogP contribution in [0.25, 0.3) is 0 Å². The number of hydrogen-bond acceptors (Lipinski definition) is 3. The lowest BCUT2D eigenvalue weighted by molar-refractivity contribution is -0.138. The molecule has 0 rings (SSSR count). The normalized spacial score (nSPS) is 14.8. The van der Waals surface area contributed by atoms with Crippen molar-refractivity contribution in [1.82, 2.24) is 4.90 Å². The van der Waals surface area contributed by atoms with Crippen molar-refractivity contribution >= 4 is 5.91 Å². The van der Waals surface area contributed by atoms with Crippen LogP contribution in [-0.2, 0) is 9.53 Å². The SMILES string of the molecule is CCN(C(=O)C(CN)CC(C)C)C(C)COC. The monoisotopic (exact) mass is 244 g/mol. The lowest BCUT2D eigenvalue weighted by Crippen LogP contribution is -2.46. The third-order valence-electron chi connectivity index (χ3n) is 2.95. The number of nitrogens with two attached hydrogens (primary N) is 1. The van der Waals surface area contributed by atoms with Crippen molar-refractivity contribution in [3.63, 3.8) is 0 Å². The highest BCUT2D eigenvalue weighted by Crippen LogP contribution is 2.15. The number of rotatable bonds is 8. The zero-order chi connectivity index (χ0) is 13.4. The van der Waals surface area contributed by atoms with Gasteiger partial charge in [-0.2, -0.15) is 0 Å². The van der Waals surface area contributed by atoms with Crippen molar-refractivity contribution in [1.29, 1.82) is 0 Å². The molecule has 0 saturated heterocycles. The van der Waals surface area contributed by atoms with Gasteiger partial charge in [0.15, 0.2) is 0 Å². The van der Waals surface area contributed by atoms with E-state index < -0.39 is 0 Å². The zero-order valence-electron chi connectivity index (χ0n) is 11.9. The van der Waals surface area contributed by atoms with Crippen LogP contribution in [-0.4, -0.2) is 43.7 Å². The maximum absolute atomic E-state index is 12.3. The third-order valence-corrected chi connectivity index (χ3v) is 2.95. The van der Waals surface area contributed by atoms with Crippen LogP contribution in [0.15, 0.2) is 0 Å². The summed E-state index contributed by atoms with van der Waals surface area (Å²) in [6.07, 6.45) is 0.853. The molecule has 4 nitrogen and oxygen atoms in total. The fraction of sp³-hybridized carbons (Fsp3) is 0.923. The molecule has 0 heterocycles. The second-order valence-corrected chi connectivity index (χ2v) is 4.99. The Balaban J connectivity index is 4.58. The molecular weight excluding hydrogens is 216 g/mol. The van der Waals surface area contributed by atoms with E-state index in [4.69, 9.17) is 10.5 Å². The van der Waals surface area contributed by atoms with E-state index in [1.54, 1.807) is 7.11 Å². The Morgan fingerprint density at radius 2 is 1.94 bits per heavy atom. The van der Waals surface area contributed by atoms with Gasteiger partial charge in [0.25, 0.3) is 0 Å². The first-order valence-corrected chi connectivity index (χ1v) is 6.47. The molecule has 2 unspecified atom stereocenters. The quantitative estimate of drug-likeness (QED) is 0.704. The Labute approximate surface area is 105 Å². The van der Waals surface area contributed by atoms with Crippen molar-refractivity contribution in [3.8, 4) is 0 Å².